The van der Waals surface area contributed by atoms with E-state index in [2.05, 4.69) is 41.6 Å². The number of benzene rings is 2. The Hall–Kier alpha value is -3.32. The van der Waals surface area contributed by atoms with E-state index >= 15 is 0 Å². The van der Waals surface area contributed by atoms with Crippen molar-refractivity contribution in [2.45, 2.75) is 30.7 Å². The highest BCUT2D eigenvalue weighted by Gasteiger charge is 2.15. The van der Waals surface area contributed by atoms with Crippen molar-refractivity contribution >= 4 is 35.0 Å². The number of hydrogen-bond acceptors (Lipinski definition) is 5. The molecule has 0 radical (unpaired) electrons. The lowest BCUT2D eigenvalue weighted by Gasteiger charge is -2.13. The van der Waals surface area contributed by atoms with E-state index in [9.17, 15) is 9.59 Å². The number of ether oxygens (including phenoxy) is 1. The second-order valence-corrected chi connectivity index (χ2v) is 7.82. The highest BCUT2D eigenvalue weighted by Crippen LogP contribution is 2.31. The van der Waals surface area contributed by atoms with Crippen LogP contribution < -0.4 is 15.4 Å². The third-order valence-electron chi connectivity index (χ3n) is 4.48. The number of pyridine rings is 1. The molecule has 2 aromatic carbocycles. The lowest BCUT2D eigenvalue weighted by Crippen LogP contribution is -2.14. The summed E-state index contributed by atoms with van der Waals surface area (Å²) in [6, 6.07) is 14.7. The predicted octanol–water partition coefficient (Wildman–Crippen LogP) is 5.07. The Morgan fingerprint density at radius 3 is 2.50 bits per heavy atom. The second kappa shape index (κ2) is 9.45. The number of anilines is 2. The van der Waals surface area contributed by atoms with Gasteiger partial charge in [0, 0.05) is 23.7 Å². The molecule has 0 bridgehead atoms. The van der Waals surface area contributed by atoms with E-state index < -0.39 is 0 Å². The predicted molar refractivity (Wildman–Crippen MR) is 120 cm³/mol. The number of carbonyl (C=O) groups is 2. The van der Waals surface area contributed by atoms with Crippen LogP contribution in [-0.4, -0.2) is 23.9 Å². The van der Waals surface area contributed by atoms with Crippen molar-refractivity contribution in [2.24, 2.45) is 0 Å². The molecule has 3 rings (SSSR count). The van der Waals surface area contributed by atoms with Gasteiger partial charge in [-0.25, -0.2) is 4.98 Å². The van der Waals surface area contributed by atoms with Gasteiger partial charge in [-0.05, 0) is 67.4 Å². The number of rotatable bonds is 6. The number of aryl methyl sites for hydroxylation is 2. The molecular formula is C23H23N3O3S. The summed E-state index contributed by atoms with van der Waals surface area (Å²) in [6.07, 6.45) is 1.67. The van der Waals surface area contributed by atoms with Gasteiger partial charge in [-0.15, -0.1) is 0 Å². The minimum Gasteiger partial charge on any atom is -0.495 e. The highest BCUT2D eigenvalue weighted by atomic mass is 32.2. The van der Waals surface area contributed by atoms with Gasteiger partial charge < -0.3 is 15.4 Å². The van der Waals surface area contributed by atoms with E-state index in [0.29, 0.717) is 27.7 Å². The molecule has 0 aliphatic rings. The van der Waals surface area contributed by atoms with Crippen molar-refractivity contribution in [2.75, 3.05) is 17.7 Å². The average Bonchev–Trinajstić information content (AvgIpc) is 2.71. The van der Waals surface area contributed by atoms with Crippen LogP contribution >= 0.6 is 11.8 Å². The normalized spacial score (nSPS) is 10.4. The van der Waals surface area contributed by atoms with Crippen molar-refractivity contribution < 1.29 is 14.3 Å². The molecule has 1 aromatic heterocycles. The first-order valence-corrected chi connectivity index (χ1v) is 10.2. The van der Waals surface area contributed by atoms with Crippen LogP contribution in [0.2, 0.25) is 0 Å². The number of aromatic nitrogens is 1. The average molecular weight is 422 g/mol. The first-order valence-electron chi connectivity index (χ1n) is 9.34. The first-order chi connectivity index (χ1) is 14.4. The molecule has 0 fully saturated rings. The van der Waals surface area contributed by atoms with Crippen LogP contribution in [0.4, 0.5) is 11.4 Å². The first kappa shape index (κ1) is 21.4. The standard InChI is InChI=1S/C23H23N3O3S/c1-14-7-9-18(12-15(14)2)30-23-19(6-5-11-24-23)22(28)26-17-8-10-21(29-4)20(13-17)25-16(3)27/h5-13H,1-4H3,(H,25,27)(H,26,28). The van der Waals surface area contributed by atoms with Crippen LogP contribution in [0.1, 0.15) is 28.4 Å². The highest BCUT2D eigenvalue weighted by molar-refractivity contribution is 7.99. The smallest absolute Gasteiger partial charge is 0.258 e. The maximum atomic E-state index is 13.0. The summed E-state index contributed by atoms with van der Waals surface area (Å²) in [5.41, 5.74) is 3.89. The molecule has 0 saturated heterocycles. The van der Waals surface area contributed by atoms with Crippen molar-refractivity contribution in [1.82, 2.24) is 4.98 Å². The molecule has 0 spiro atoms. The number of methoxy groups -OCH3 is 1. The summed E-state index contributed by atoms with van der Waals surface area (Å²) in [5.74, 6) is 0.0000473. The van der Waals surface area contributed by atoms with Crippen molar-refractivity contribution in [1.29, 1.82) is 0 Å². The van der Waals surface area contributed by atoms with Crippen molar-refractivity contribution in [3.05, 3.63) is 71.4 Å². The van der Waals surface area contributed by atoms with Gasteiger partial charge in [0.05, 0.1) is 18.4 Å². The van der Waals surface area contributed by atoms with E-state index in [-0.39, 0.29) is 11.8 Å². The van der Waals surface area contributed by atoms with Crippen LogP contribution in [0.3, 0.4) is 0 Å². The minimum absolute atomic E-state index is 0.226. The zero-order chi connectivity index (χ0) is 21.7. The number of hydrogen-bond donors (Lipinski definition) is 2. The van der Waals surface area contributed by atoms with Crippen LogP contribution in [0.5, 0.6) is 5.75 Å². The fourth-order valence-electron chi connectivity index (χ4n) is 2.81. The summed E-state index contributed by atoms with van der Waals surface area (Å²) in [5, 5.41) is 6.19. The molecule has 0 saturated carbocycles. The van der Waals surface area contributed by atoms with Crippen LogP contribution in [0.25, 0.3) is 0 Å². The van der Waals surface area contributed by atoms with Crippen LogP contribution in [0, 0.1) is 13.8 Å². The lowest BCUT2D eigenvalue weighted by atomic mass is 10.1. The van der Waals surface area contributed by atoms with Gasteiger partial charge in [0.15, 0.2) is 0 Å². The summed E-state index contributed by atoms with van der Waals surface area (Å²) >= 11 is 1.44. The Kier molecular flexibility index (Phi) is 6.74. The van der Waals surface area contributed by atoms with E-state index in [1.807, 2.05) is 6.07 Å². The molecule has 0 aliphatic heterocycles. The van der Waals surface area contributed by atoms with Crippen LogP contribution in [0.15, 0.2) is 64.6 Å². The fraction of sp³-hybridized carbons (Fsp3) is 0.174. The largest absolute Gasteiger partial charge is 0.495 e. The Bertz CT molecular complexity index is 1100. The molecule has 0 unspecified atom stereocenters. The Morgan fingerprint density at radius 2 is 1.80 bits per heavy atom. The van der Waals surface area contributed by atoms with E-state index in [0.717, 1.165) is 4.90 Å². The topological polar surface area (TPSA) is 80.3 Å². The van der Waals surface area contributed by atoms with Gasteiger partial charge in [0.2, 0.25) is 5.91 Å². The Balaban J connectivity index is 1.84. The molecule has 1 heterocycles. The summed E-state index contributed by atoms with van der Waals surface area (Å²) < 4.78 is 5.25. The summed E-state index contributed by atoms with van der Waals surface area (Å²) in [7, 11) is 1.52. The van der Waals surface area contributed by atoms with Gasteiger partial charge in [0.25, 0.3) is 5.91 Å². The molecule has 30 heavy (non-hydrogen) atoms. The molecule has 0 atom stereocenters. The third kappa shape index (κ3) is 5.18. The van der Waals surface area contributed by atoms with E-state index in [4.69, 9.17) is 4.74 Å². The summed E-state index contributed by atoms with van der Waals surface area (Å²) in [6.45, 7) is 5.53. The second-order valence-electron chi connectivity index (χ2n) is 6.75. The van der Waals surface area contributed by atoms with Crippen molar-refractivity contribution in [3.63, 3.8) is 0 Å². The summed E-state index contributed by atoms with van der Waals surface area (Å²) in [4.78, 5) is 29.8. The molecule has 2 amide bonds. The van der Waals surface area contributed by atoms with Crippen LogP contribution in [-0.2, 0) is 4.79 Å². The Morgan fingerprint density at radius 1 is 1.00 bits per heavy atom. The van der Waals surface area contributed by atoms with Crippen molar-refractivity contribution in [3.8, 4) is 5.75 Å². The van der Waals surface area contributed by atoms with Gasteiger partial charge >= 0.3 is 0 Å². The molecule has 0 aliphatic carbocycles. The number of amides is 2. The van der Waals surface area contributed by atoms with Gasteiger partial charge in [-0.1, -0.05) is 17.8 Å². The maximum absolute atomic E-state index is 13.0. The molecule has 154 valence electrons. The van der Waals surface area contributed by atoms with Gasteiger partial charge in [-0.2, -0.15) is 0 Å². The Labute approximate surface area is 180 Å². The zero-order valence-corrected chi connectivity index (χ0v) is 18.1. The fourth-order valence-corrected chi connectivity index (χ4v) is 3.78. The molecule has 3 aromatic rings. The van der Waals surface area contributed by atoms with Gasteiger partial charge in [-0.3, -0.25) is 9.59 Å². The molecule has 7 heteroatoms. The minimum atomic E-state index is -0.284. The monoisotopic (exact) mass is 421 g/mol. The van der Waals surface area contributed by atoms with Gasteiger partial charge in [0.1, 0.15) is 10.8 Å². The van der Waals surface area contributed by atoms with E-state index in [1.165, 1.54) is 36.9 Å². The SMILES string of the molecule is COc1ccc(NC(=O)c2cccnc2Sc2ccc(C)c(C)c2)cc1NC(C)=O. The zero-order valence-electron chi connectivity index (χ0n) is 17.3. The van der Waals surface area contributed by atoms with E-state index in [1.54, 1.807) is 36.5 Å². The molecule has 2 N–H and O–H groups in total. The third-order valence-corrected chi connectivity index (χ3v) is 5.49. The molecule has 6 nitrogen and oxygen atoms in total. The maximum Gasteiger partial charge on any atom is 0.258 e. The quantitative estimate of drug-likeness (QED) is 0.581. The number of carbonyl (C=O) groups excluding carboxylic acids is 2. The lowest BCUT2D eigenvalue weighted by molar-refractivity contribution is -0.114. The number of nitrogens with zero attached hydrogens (tertiary/aromatic N) is 1. The number of nitrogens with one attached hydrogen (secondary N) is 2. The molecular weight excluding hydrogens is 398 g/mol.